The number of carbonyl (C=O) groups is 2. The zero-order chi connectivity index (χ0) is 26.5. The van der Waals surface area contributed by atoms with Gasteiger partial charge in [-0.05, 0) is 43.2 Å². The van der Waals surface area contributed by atoms with E-state index >= 15 is 0 Å². The quantitative estimate of drug-likeness (QED) is 0.499. The lowest BCUT2D eigenvalue weighted by molar-refractivity contribution is -0.142. The molecule has 1 aliphatic carbocycles. The number of carbonyl (C=O) groups excluding carboxylic acids is 2. The van der Waals surface area contributed by atoms with Crippen LogP contribution in [0.2, 0.25) is 0 Å². The highest BCUT2D eigenvalue weighted by Gasteiger charge is 2.50. The number of aliphatic hydroxyl groups is 1. The summed E-state index contributed by atoms with van der Waals surface area (Å²) in [6, 6.07) is 9.31. The van der Waals surface area contributed by atoms with Crippen molar-refractivity contribution in [3.63, 3.8) is 0 Å². The number of amides is 2. The molecule has 0 unspecified atom stereocenters. The molecule has 2 N–H and O–H groups in total. The van der Waals surface area contributed by atoms with Gasteiger partial charge in [0.1, 0.15) is 17.7 Å². The van der Waals surface area contributed by atoms with Crippen molar-refractivity contribution in [1.29, 1.82) is 0 Å². The van der Waals surface area contributed by atoms with E-state index in [4.69, 9.17) is 4.52 Å². The lowest BCUT2D eigenvalue weighted by atomic mass is 9.78. The third kappa shape index (κ3) is 4.94. The van der Waals surface area contributed by atoms with Gasteiger partial charge in [0, 0.05) is 19.0 Å². The van der Waals surface area contributed by atoms with Crippen molar-refractivity contribution in [1.82, 2.24) is 20.4 Å². The van der Waals surface area contributed by atoms with Crippen LogP contribution in [0.15, 0.2) is 40.4 Å². The summed E-state index contributed by atoms with van der Waals surface area (Å²) in [6.07, 6.45) is 1.13. The third-order valence-corrected chi connectivity index (χ3v) is 8.44. The minimum atomic E-state index is -0.756. The van der Waals surface area contributed by atoms with Gasteiger partial charge < -0.3 is 19.8 Å². The van der Waals surface area contributed by atoms with Crippen molar-refractivity contribution in [3.8, 4) is 10.4 Å². The number of hydrogen-bond acceptors (Lipinski definition) is 7. The van der Waals surface area contributed by atoms with Crippen molar-refractivity contribution in [2.24, 2.45) is 5.41 Å². The van der Waals surface area contributed by atoms with E-state index in [0.717, 1.165) is 34.5 Å². The second kappa shape index (κ2) is 9.36. The van der Waals surface area contributed by atoms with Crippen LogP contribution in [0.5, 0.6) is 0 Å². The lowest BCUT2D eigenvalue weighted by Crippen LogP contribution is -2.51. The molecule has 1 saturated heterocycles. The Kier molecular flexibility index (Phi) is 6.48. The Bertz CT molecular complexity index is 1300. The van der Waals surface area contributed by atoms with Gasteiger partial charge in [0.05, 0.1) is 33.4 Å². The number of hydrogen-bond donors (Lipinski definition) is 2. The maximum Gasteiger partial charge on any atom is 0.243 e. The molecule has 0 radical (unpaired) electrons. The number of likely N-dealkylation sites (tertiary alicyclic amines) is 1. The van der Waals surface area contributed by atoms with Crippen LogP contribution in [0.3, 0.4) is 0 Å². The molecule has 0 spiro atoms. The number of aryl methyl sites for hydroxylation is 2. The highest BCUT2D eigenvalue weighted by molar-refractivity contribution is 7.13. The maximum absolute atomic E-state index is 13.8. The SMILES string of the molecule is Cc1cc([C@H](C(=O)N2C[C@H](O)C[C@H]2C(=O)NC2(c3ccc(-c4scnc4C)cc3)CC2)C(C)(C)C)on1. The van der Waals surface area contributed by atoms with Gasteiger partial charge in [-0.3, -0.25) is 9.59 Å². The molecule has 5 rings (SSSR count). The monoisotopic (exact) mass is 522 g/mol. The Morgan fingerprint density at radius 1 is 1.22 bits per heavy atom. The first-order valence-corrected chi connectivity index (χ1v) is 13.6. The Morgan fingerprint density at radius 3 is 2.46 bits per heavy atom. The molecule has 0 bridgehead atoms. The average molecular weight is 523 g/mol. The van der Waals surface area contributed by atoms with E-state index in [1.165, 1.54) is 4.90 Å². The molecule has 3 atom stereocenters. The topological polar surface area (TPSA) is 109 Å². The third-order valence-electron chi connectivity index (χ3n) is 7.47. The molecule has 196 valence electrons. The lowest BCUT2D eigenvalue weighted by Gasteiger charge is -2.34. The molecule has 1 aliphatic heterocycles. The van der Waals surface area contributed by atoms with E-state index in [-0.39, 0.29) is 24.8 Å². The minimum Gasteiger partial charge on any atom is -0.391 e. The van der Waals surface area contributed by atoms with Crippen LogP contribution in [0, 0.1) is 19.3 Å². The average Bonchev–Trinajstić information content (AvgIpc) is 3.12. The highest BCUT2D eigenvalue weighted by Crippen LogP contribution is 2.46. The van der Waals surface area contributed by atoms with E-state index in [9.17, 15) is 14.7 Å². The molecule has 2 fully saturated rings. The van der Waals surface area contributed by atoms with Gasteiger partial charge in [-0.25, -0.2) is 4.98 Å². The van der Waals surface area contributed by atoms with Crippen molar-refractivity contribution in [3.05, 3.63) is 58.6 Å². The number of β-amino-alcohol motifs (C(OH)–C–C–N with tert-alkyl or cyclic N) is 1. The Hall–Kier alpha value is -3.04. The highest BCUT2D eigenvalue weighted by atomic mass is 32.1. The molecule has 9 heteroatoms. The van der Waals surface area contributed by atoms with Crippen molar-refractivity contribution < 1.29 is 19.2 Å². The maximum atomic E-state index is 13.8. The van der Waals surface area contributed by atoms with Crippen LogP contribution in [-0.4, -0.2) is 50.7 Å². The fraction of sp³-hybridized carbons (Fsp3) is 0.500. The van der Waals surface area contributed by atoms with E-state index in [1.807, 2.05) is 40.1 Å². The summed E-state index contributed by atoms with van der Waals surface area (Å²) in [7, 11) is 0. The summed E-state index contributed by atoms with van der Waals surface area (Å²) in [5.41, 5.74) is 4.80. The second-order valence-electron chi connectivity index (χ2n) is 11.5. The summed E-state index contributed by atoms with van der Waals surface area (Å²) in [4.78, 5) is 34.4. The van der Waals surface area contributed by atoms with Crippen LogP contribution >= 0.6 is 11.3 Å². The minimum absolute atomic E-state index is 0.118. The van der Waals surface area contributed by atoms with Crippen LogP contribution in [0.1, 0.15) is 68.7 Å². The first-order valence-electron chi connectivity index (χ1n) is 12.7. The zero-order valence-corrected chi connectivity index (χ0v) is 22.8. The number of aromatic nitrogens is 2. The predicted octanol–water partition coefficient (Wildman–Crippen LogP) is 4.31. The predicted molar refractivity (Wildman–Crippen MR) is 141 cm³/mol. The van der Waals surface area contributed by atoms with Gasteiger partial charge in [-0.15, -0.1) is 11.3 Å². The van der Waals surface area contributed by atoms with Crippen LogP contribution in [0.25, 0.3) is 10.4 Å². The molecule has 2 amide bonds. The largest absolute Gasteiger partial charge is 0.391 e. The standard InChI is InChI=1S/C28H34N4O4S/c1-16-12-22(36-31-16)23(27(3,4)5)26(35)32-14-20(33)13-21(32)25(34)30-28(10-11-28)19-8-6-18(7-9-19)24-17(2)29-15-37-24/h6-9,12,15,20-21,23,33H,10-11,13-14H2,1-5H3,(H,30,34)/t20-,21+,23-/m1/s1. The summed E-state index contributed by atoms with van der Waals surface area (Å²) in [5, 5.41) is 17.7. The van der Waals surface area contributed by atoms with Crippen molar-refractivity contribution >= 4 is 23.2 Å². The van der Waals surface area contributed by atoms with Crippen LogP contribution in [-0.2, 0) is 15.1 Å². The molecular formula is C28H34N4O4S. The molecule has 2 aliphatic rings. The summed E-state index contributed by atoms with van der Waals surface area (Å²) >= 11 is 1.61. The molecule has 2 aromatic heterocycles. The van der Waals surface area contributed by atoms with E-state index in [2.05, 4.69) is 39.7 Å². The molecule has 1 saturated carbocycles. The number of nitrogens with zero attached hydrogens (tertiary/aromatic N) is 3. The van der Waals surface area contributed by atoms with E-state index in [1.54, 1.807) is 17.4 Å². The number of nitrogens with one attached hydrogen (secondary N) is 1. The van der Waals surface area contributed by atoms with Gasteiger partial charge in [-0.1, -0.05) is 50.2 Å². The van der Waals surface area contributed by atoms with Crippen LogP contribution in [0.4, 0.5) is 0 Å². The van der Waals surface area contributed by atoms with Crippen molar-refractivity contribution in [2.45, 2.75) is 77.5 Å². The van der Waals surface area contributed by atoms with E-state index < -0.39 is 29.0 Å². The summed E-state index contributed by atoms with van der Waals surface area (Å²) < 4.78 is 5.48. The number of aliphatic hydroxyl groups excluding tert-OH is 1. The smallest absolute Gasteiger partial charge is 0.243 e. The molecule has 3 heterocycles. The van der Waals surface area contributed by atoms with Gasteiger partial charge in [0.2, 0.25) is 11.8 Å². The molecule has 37 heavy (non-hydrogen) atoms. The molecule has 8 nitrogen and oxygen atoms in total. The van der Waals surface area contributed by atoms with Crippen molar-refractivity contribution in [2.75, 3.05) is 6.54 Å². The van der Waals surface area contributed by atoms with Gasteiger partial charge in [0.25, 0.3) is 0 Å². The molecule has 3 aromatic rings. The summed E-state index contributed by atoms with van der Waals surface area (Å²) in [6.45, 7) is 9.82. The van der Waals surface area contributed by atoms with E-state index in [0.29, 0.717) is 11.5 Å². The Morgan fingerprint density at radius 2 is 1.92 bits per heavy atom. The van der Waals surface area contributed by atoms with Crippen LogP contribution < -0.4 is 5.32 Å². The first-order chi connectivity index (χ1) is 17.5. The van der Waals surface area contributed by atoms with Gasteiger partial charge in [0.15, 0.2) is 0 Å². The fourth-order valence-corrected chi connectivity index (χ4v) is 6.17. The molecular weight excluding hydrogens is 488 g/mol. The zero-order valence-electron chi connectivity index (χ0n) is 21.9. The normalized spacial score (nSPS) is 21.6. The number of rotatable bonds is 6. The number of thiazole rings is 1. The Labute approximate surface area is 221 Å². The number of benzene rings is 1. The Balaban J connectivity index is 1.35. The fourth-order valence-electron chi connectivity index (χ4n) is 5.36. The molecule has 1 aromatic carbocycles. The van der Waals surface area contributed by atoms with Gasteiger partial charge >= 0.3 is 0 Å². The summed E-state index contributed by atoms with van der Waals surface area (Å²) in [5.74, 6) is -0.599. The van der Waals surface area contributed by atoms with Gasteiger partial charge in [-0.2, -0.15) is 0 Å². The second-order valence-corrected chi connectivity index (χ2v) is 12.3. The first kappa shape index (κ1) is 25.6.